The Morgan fingerprint density at radius 1 is 1.30 bits per heavy atom. The van der Waals surface area contributed by atoms with Crippen LogP contribution < -0.4 is 5.32 Å². The van der Waals surface area contributed by atoms with E-state index in [1.165, 1.54) is 0 Å². The molecule has 1 fully saturated rings. The quantitative estimate of drug-likeness (QED) is 0.834. The summed E-state index contributed by atoms with van der Waals surface area (Å²) in [5, 5.41) is 3.53. The second kappa shape index (κ2) is 7.79. The van der Waals surface area contributed by atoms with Gasteiger partial charge in [0.25, 0.3) is 0 Å². The fourth-order valence-corrected chi connectivity index (χ4v) is 2.71. The number of rotatable bonds is 5. The van der Waals surface area contributed by atoms with Gasteiger partial charge in [-0.1, -0.05) is 23.7 Å². The van der Waals surface area contributed by atoms with Gasteiger partial charge in [-0.25, -0.2) is 0 Å². The lowest BCUT2D eigenvalue weighted by Crippen LogP contribution is -2.52. The second-order valence-electron chi connectivity index (χ2n) is 6.17. The molecule has 5 nitrogen and oxygen atoms in total. The third kappa shape index (κ3) is 4.69. The molecule has 0 saturated carbocycles. The monoisotopic (exact) mass is 338 g/mol. The number of carbonyl (C=O) groups excluding carboxylic acids is 2. The highest BCUT2D eigenvalue weighted by Crippen LogP contribution is 2.20. The van der Waals surface area contributed by atoms with E-state index >= 15 is 0 Å². The van der Waals surface area contributed by atoms with Crippen LogP contribution in [0.25, 0.3) is 0 Å². The smallest absolute Gasteiger partial charge is 0.237 e. The first kappa shape index (κ1) is 17.8. The van der Waals surface area contributed by atoms with Crippen LogP contribution in [0.15, 0.2) is 24.3 Å². The number of nitrogens with one attached hydrogen (secondary N) is 1. The zero-order valence-corrected chi connectivity index (χ0v) is 14.4. The molecule has 1 saturated heterocycles. The predicted molar refractivity (Wildman–Crippen MR) is 89.3 cm³/mol. The standard InChI is InChI=1S/C17H23ClN2O3/c1-17(2,16(22)20-8-10-23-11-9-20)15(21)19-7-6-13-4-3-5-14(18)12-13/h3-5,12H,6-11H2,1-2H3,(H,19,21). The van der Waals surface area contributed by atoms with Gasteiger partial charge in [0.1, 0.15) is 5.41 Å². The Kier molecular flexibility index (Phi) is 6.02. The molecule has 2 rings (SSSR count). The van der Waals surface area contributed by atoms with Crippen LogP contribution in [-0.2, 0) is 20.7 Å². The van der Waals surface area contributed by atoms with Crippen molar-refractivity contribution in [3.8, 4) is 0 Å². The van der Waals surface area contributed by atoms with Gasteiger partial charge < -0.3 is 15.0 Å². The van der Waals surface area contributed by atoms with Crippen molar-refractivity contribution in [3.05, 3.63) is 34.9 Å². The Labute approximate surface area is 141 Å². The van der Waals surface area contributed by atoms with E-state index in [0.717, 1.165) is 5.56 Å². The molecule has 1 aromatic carbocycles. The molecule has 0 aromatic heterocycles. The molecule has 23 heavy (non-hydrogen) atoms. The molecule has 1 heterocycles. The molecule has 1 aromatic rings. The number of morpholine rings is 1. The number of hydrogen-bond donors (Lipinski definition) is 1. The van der Waals surface area contributed by atoms with Crippen LogP contribution in [0, 0.1) is 5.41 Å². The molecule has 0 bridgehead atoms. The highest BCUT2D eigenvalue weighted by Gasteiger charge is 2.39. The van der Waals surface area contributed by atoms with Gasteiger partial charge in [-0.3, -0.25) is 9.59 Å². The van der Waals surface area contributed by atoms with E-state index < -0.39 is 5.41 Å². The fourth-order valence-electron chi connectivity index (χ4n) is 2.49. The summed E-state index contributed by atoms with van der Waals surface area (Å²) in [6, 6.07) is 7.53. The van der Waals surface area contributed by atoms with E-state index in [2.05, 4.69) is 5.32 Å². The topological polar surface area (TPSA) is 58.6 Å². The molecule has 0 aliphatic carbocycles. The lowest BCUT2D eigenvalue weighted by Gasteiger charge is -2.33. The summed E-state index contributed by atoms with van der Waals surface area (Å²) in [5.74, 6) is -0.405. The first-order valence-corrected chi connectivity index (χ1v) is 8.19. The van der Waals surface area contributed by atoms with Crippen LogP contribution in [-0.4, -0.2) is 49.6 Å². The molecule has 0 spiro atoms. The van der Waals surface area contributed by atoms with Gasteiger partial charge >= 0.3 is 0 Å². The summed E-state index contributed by atoms with van der Waals surface area (Å²) in [4.78, 5) is 26.6. The Balaban J connectivity index is 1.86. The Morgan fingerprint density at radius 2 is 2.00 bits per heavy atom. The molecule has 0 unspecified atom stereocenters. The summed E-state index contributed by atoms with van der Waals surface area (Å²) in [6.07, 6.45) is 0.675. The van der Waals surface area contributed by atoms with Crippen LogP contribution in [0.3, 0.4) is 0 Å². The van der Waals surface area contributed by atoms with Gasteiger partial charge in [0.15, 0.2) is 0 Å². The summed E-state index contributed by atoms with van der Waals surface area (Å²) in [6.45, 7) is 5.94. The minimum atomic E-state index is -1.08. The van der Waals surface area contributed by atoms with Gasteiger partial charge in [0.2, 0.25) is 11.8 Å². The van der Waals surface area contributed by atoms with Crippen LogP contribution in [0.1, 0.15) is 19.4 Å². The van der Waals surface area contributed by atoms with E-state index in [4.69, 9.17) is 16.3 Å². The van der Waals surface area contributed by atoms with Crippen LogP contribution in [0.4, 0.5) is 0 Å². The van der Waals surface area contributed by atoms with Crippen molar-refractivity contribution in [3.63, 3.8) is 0 Å². The van der Waals surface area contributed by atoms with Gasteiger partial charge in [-0.15, -0.1) is 0 Å². The van der Waals surface area contributed by atoms with Crippen molar-refractivity contribution in [2.45, 2.75) is 20.3 Å². The Bertz CT molecular complexity index is 569. The average Bonchev–Trinajstić information content (AvgIpc) is 2.55. The summed E-state index contributed by atoms with van der Waals surface area (Å²) in [5.41, 5.74) is -0.0267. The Morgan fingerprint density at radius 3 is 2.65 bits per heavy atom. The van der Waals surface area contributed by atoms with E-state index in [9.17, 15) is 9.59 Å². The number of benzene rings is 1. The lowest BCUT2D eigenvalue weighted by atomic mass is 9.90. The minimum absolute atomic E-state index is 0.152. The number of nitrogens with zero attached hydrogens (tertiary/aromatic N) is 1. The summed E-state index contributed by atoms with van der Waals surface area (Å²) >= 11 is 5.94. The first-order chi connectivity index (χ1) is 10.9. The SMILES string of the molecule is CC(C)(C(=O)NCCc1cccc(Cl)c1)C(=O)N1CCOCC1. The van der Waals surface area contributed by atoms with Crippen LogP contribution >= 0.6 is 11.6 Å². The minimum Gasteiger partial charge on any atom is -0.378 e. The van der Waals surface area contributed by atoms with Crippen molar-refractivity contribution >= 4 is 23.4 Å². The molecule has 0 atom stereocenters. The third-order valence-electron chi connectivity index (χ3n) is 3.99. The van der Waals surface area contributed by atoms with Gasteiger partial charge in [-0.05, 0) is 38.0 Å². The molecule has 2 amide bonds. The number of ether oxygens (including phenoxy) is 1. The van der Waals surface area contributed by atoms with E-state index in [-0.39, 0.29) is 11.8 Å². The van der Waals surface area contributed by atoms with E-state index in [1.807, 2.05) is 24.3 Å². The highest BCUT2D eigenvalue weighted by molar-refractivity contribution is 6.30. The number of amides is 2. The Hall–Kier alpha value is -1.59. The molecular weight excluding hydrogens is 316 g/mol. The predicted octanol–water partition coefficient (Wildman–Crippen LogP) is 1.88. The van der Waals surface area contributed by atoms with Gasteiger partial charge in [0.05, 0.1) is 13.2 Å². The molecule has 0 radical (unpaired) electrons. The van der Waals surface area contributed by atoms with Gasteiger partial charge in [0, 0.05) is 24.7 Å². The largest absolute Gasteiger partial charge is 0.378 e. The maximum absolute atomic E-state index is 12.5. The number of hydrogen-bond acceptors (Lipinski definition) is 3. The highest BCUT2D eigenvalue weighted by atomic mass is 35.5. The second-order valence-corrected chi connectivity index (χ2v) is 6.60. The molecule has 1 aliphatic heterocycles. The summed E-state index contributed by atoms with van der Waals surface area (Å²) < 4.78 is 5.24. The van der Waals surface area contributed by atoms with Crippen molar-refractivity contribution in [1.82, 2.24) is 10.2 Å². The molecule has 126 valence electrons. The number of halogens is 1. The normalized spacial score (nSPS) is 15.3. The molecule has 6 heteroatoms. The maximum atomic E-state index is 12.5. The zero-order chi connectivity index (χ0) is 16.9. The van der Waals surface area contributed by atoms with Crippen molar-refractivity contribution < 1.29 is 14.3 Å². The van der Waals surface area contributed by atoms with Crippen molar-refractivity contribution in [2.75, 3.05) is 32.8 Å². The third-order valence-corrected chi connectivity index (χ3v) is 4.22. The van der Waals surface area contributed by atoms with Crippen molar-refractivity contribution in [2.24, 2.45) is 5.41 Å². The molecule has 1 aliphatic rings. The fraction of sp³-hybridized carbons (Fsp3) is 0.529. The van der Waals surface area contributed by atoms with E-state index in [0.29, 0.717) is 44.3 Å². The molecular formula is C17H23ClN2O3. The van der Waals surface area contributed by atoms with Crippen molar-refractivity contribution in [1.29, 1.82) is 0 Å². The number of carbonyl (C=O) groups is 2. The first-order valence-electron chi connectivity index (χ1n) is 7.81. The zero-order valence-electron chi connectivity index (χ0n) is 13.6. The van der Waals surface area contributed by atoms with Crippen LogP contribution in [0.2, 0.25) is 5.02 Å². The molecule has 1 N–H and O–H groups in total. The van der Waals surface area contributed by atoms with Crippen LogP contribution in [0.5, 0.6) is 0 Å². The maximum Gasteiger partial charge on any atom is 0.237 e. The lowest BCUT2D eigenvalue weighted by molar-refractivity contribution is -0.151. The van der Waals surface area contributed by atoms with Gasteiger partial charge in [-0.2, -0.15) is 0 Å². The summed E-state index contributed by atoms with van der Waals surface area (Å²) in [7, 11) is 0. The van der Waals surface area contributed by atoms with E-state index in [1.54, 1.807) is 18.7 Å². The average molecular weight is 339 g/mol.